The van der Waals surface area contributed by atoms with Crippen molar-refractivity contribution in [3.05, 3.63) is 53.6 Å². The number of phenols is 1. The Hall–Kier alpha value is -2.69. The molecule has 0 aliphatic heterocycles. The highest BCUT2D eigenvalue weighted by Gasteiger charge is 2.12. The van der Waals surface area contributed by atoms with E-state index in [2.05, 4.69) is 0 Å². The first kappa shape index (κ1) is 14.7. The molecule has 2 aromatic carbocycles. The minimum Gasteiger partial charge on any atom is -0.507 e. The van der Waals surface area contributed by atoms with E-state index in [9.17, 15) is 9.90 Å². The number of hydrogen-bond donors (Lipinski definition) is 2. The fourth-order valence-corrected chi connectivity index (χ4v) is 1.79. The van der Waals surface area contributed by atoms with E-state index in [1.54, 1.807) is 6.92 Å². The summed E-state index contributed by atoms with van der Waals surface area (Å²) in [6, 6.07) is 11.5. The molecule has 5 nitrogen and oxygen atoms in total. The topological polar surface area (TPSA) is 76.0 Å². The SMILES string of the molecule is Cc1ccc(OC(C)Oc2ccc(C(=O)O)c(O)c2)cc1. The van der Waals surface area contributed by atoms with Gasteiger partial charge >= 0.3 is 5.97 Å². The van der Waals surface area contributed by atoms with Crippen molar-refractivity contribution in [1.82, 2.24) is 0 Å². The molecule has 0 fully saturated rings. The third kappa shape index (κ3) is 3.89. The quantitative estimate of drug-likeness (QED) is 0.826. The van der Waals surface area contributed by atoms with E-state index >= 15 is 0 Å². The largest absolute Gasteiger partial charge is 0.507 e. The van der Waals surface area contributed by atoms with Gasteiger partial charge in [0, 0.05) is 13.0 Å². The van der Waals surface area contributed by atoms with Crippen molar-refractivity contribution in [2.45, 2.75) is 20.1 Å². The maximum absolute atomic E-state index is 10.8. The first-order chi connectivity index (χ1) is 9.95. The third-order valence-electron chi connectivity index (χ3n) is 2.82. The van der Waals surface area contributed by atoms with E-state index in [4.69, 9.17) is 14.6 Å². The predicted molar refractivity (Wildman–Crippen MR) is 77.0 cm³/mol. The smallest absolute Gasteiger partial charge is 0.339 e. The lowest BCUT2D eigenvalue weighted by Crippen LogP contribution is -2.19. The standard InChI is InChI=1S/C16H16O5/c1-10-3-5-12(6-4-10)20-11(2)21-13-7-8-14(16(18)19)15(17)9-13/h3-9,11,17H,1-2H3,(H,18,19). The molecule has 0 amide bonds. The van der Waals surface area contributed by atoms with Crippen molar-refractivity contribution in [3.63, 3.8) is 0 Å². The molecule has 0 saturated heterocycles. The lowest BCUT2D eigenvalue weighted by Gasteiger charge is -2.17. The molecule has 0 spiro atoms. The van der Waals surface area contributed by atoms with Crippen LogP contribution in [-0.2, 0) is 0 Å². The van der Waals surface area contributed by atoms with Gasteiger partial charge in [0.1, 0.15) is 22.8 Å². The van der Waals surface area contributed by atoms with Gasteiger partial charge in [-0.3, -0.25) is 0 Å². The Morgan fingerprint density at radius 3 is 2.19 bits per heavy atom. The second-order valence-corrected chi connectivity index (χ2v) is 4.60. The summed E-state index contributed by atoms with van der Waals surface area (Å²) in [7, 11) is 0. The summed E-state index contributed by atoms with van der Waals surface area (Å²) in [5.74, 6) is -0.540. The van der Waals surface area contributed by atoms with Crippen molar-refractivity contribution < 1.29 is 24.5 Å². The van der Waals surface area contributed by atoms with Crippen molar-refractivity contribution >= 4 is 5.97 Å². The molecule has 0 aromatic heterocycles. The summed E-state index contributed by atoms with van der Waals surface area (Å²) >= 11 is 0. The van der Waals surface area contributed by atoms with Gasteiger partial charge in [-0.1, -0.05) is 17.7 Å². The van der Waals surface area contributed by atoms with E-state index in [0.29, 0.717) is 11.5 Å². The second kappa shape index (κ2) is 6.17. The molecule has 0 saturated carbocycles. The average molecular weight is 288 g/mol. The Balaban J connectivity index is 2.02. The van der Waals surface area contributed by atoms with Gasteiger partial charge in [0.05, 0.1) is 0 Å². The van der Waals surface area contributed by atoms with Crippen LogP contribution in [0.2, 0.25) is 0 Å². The molecule has 0 aliphatic carbocycles. The first-order valence-corrected chi connectivity index (χ1v) is 6.42. The zero-order valence-electron chi connectivity index (χ0n) is 11.7. The van der Waals surface area contributed by atoms with Gasteiger partial charge in [0.2, 0.25) is 6.29 Å². The van der Waals surface area contributed by atoms with Crippen LogP contribution >= 0.6 is 0 Å². The van der Waals surface area contributed by atoms with Gasteiger partial charge in [-0.2, -0.15) is 0 Å². The van der Waals surface area contributed by atoms with Crippen molar-refractivity contribution in [2.24, 2.45) is 0 Å². The number of hydrogen-bond acceptors (Lipinski definition) is 4. The summed E-state index contributed by atoms with van der Waals surface area (Å²) in [5.41, 5.74) is 0.958. The maximum Gasteiger partial charge on any atom is 0.339 e. The molecule has 5 heteroatoms. The van der Waals surface area contributed by atoms with Gasteiger partial charge in [-0.25, -0.2) is 4.79 Å². The zero-order valence-corrected chi connectivity index (χ0v) is 11.7. The number of carboxylic acid groups (broad SMARTS) is 1. The molecule has 2 rings (SSSR count). The lowest BCUT2D eigenvalue weighted by atomic mass is 10.2. The van der Waals surface area contributed by atoms with Gasteiger partial charge in [-0.15, -0.1) is 0 Å². The summed E-state index contributed by atoms with van der Waals surface area (Å²) < 4.78 is 11.1. The molecule has 1 unspecified atom stereocenters. The molecule has 0 heterocycles. The summed E-state index contributed by atoms with van der Waals surface area (Å²) in [4.78, 5) is 10.8. The molecule has 110 valence electrons. The Morgan fingerprint density at radius 1 is 1.05 bits per heavy atom. The normalized spacial score (nSPS) is 11.7. The predicted octanol–water partition coefficient (Wildman–Crippen LogP) is 3.20. The molecular weight excluding hydrogens is 272 g/mol. The number of aromatic carboxylic acids is 1. The van der Waals surface area contributed by atoms with Gasteiger partial charge in [0.25, 0.3) is 0 Å². The van der Waals surface area contributed by atoms with Crippen LogP contribution in [0.3, 0.4) is 0 Å². The fourth-order valence-electron chi connectivity index (χ4n) is 1.79. The minimum atomic E-state index is -1.19. The van der Waals surface area contributed by atoms with Gasteiger partial charge in [-0.05, 0) is 31.2 Å². The van der Waals surface area contributed by atoms with Crippen LogP contribution in [-0.4, -0.2) is 22.5 Å². The lowest BCUT2D eigenvalue weighted by molar-refractivity contribution is 0.0222. The van der Waals surface area contributed by atoms with Crippen molar-refractivity contribution in [2.75, 3.05) is 0 Å². The molecule has 21 heavy (non-hydrogen) atoms. The van der Waals surface area contributed by atoms with Crippen LogP contribution in [0.4, 0.5) is 0 Å². The van der Waals surface area contributed by atoms with E-state index < -0.39 is 12.3 Å². The van der Waals surface area contributed by atoms with E-state index in [0.717, 1.165) is 5.56 Å². The van der Waals surface area contributed by atoms with E-state index in [1.165, 1.54) is 18.2 Å². The molecule has 0 bridgehead atoms. The van der Waals surface area contributed by atoms with Crippen LogP contribution in [0.5, 0.6) is 17.2 Å². The van der Waals surface area contributed by atoms with Gasteiger partial charge < -0.3 is 19.7 Å². The first-order valence-electron chi connectivity index (χ1n) is 6.42. The summed E-state index contributed by atoms with van der Waals surface area (Å²) in [6.07, 6.45) is -0.581. The highest BCUT2D eigenvalue weighted by atomic mass is 16.7. The summed E-state index contributed by atoms with van der Waals surface area (Å²) in [6.45, 7) is 3.69. The summed E-state index contributed by atoms with van der Waals surface area (Å²) in [5, 5.41) is 18.4. The van der Waals surface area contributed by atoms with E-state index in [-0.39, 0.29) is 11.3 Å². The number of aryl methyl sites for hydroxylation is 1. The van der Waals surface area contributed by atoms with Crippen LogP contribution in [0.25, 0.3) is 0 Å². The maximum atomic E-state index is 10.8. The van der Waals surface area contributed by atoms with E-state index in [1.807, 2.05) is 31.2 Å². The Bertz CT molecular complexity index is 634. The Morgan fingerprint density at radius 2 is 1.62 bits per heavy atom. The molecule has 0 aliphatic rings. The average Bonchev–Trinajstić information content (AvgIpc) is 2.41. The van der Waals surface area contributed by atoms with Crippen LogP contribution in [0.1, 0.15) is 22.8 Å². The zero-order chi connectivity index (χ0) is 15.4. The highest BCUT2D eigenvalue weighted by molar-refractivity contribution is 5.90. The number of rotatable bonds is 5. The monoisotopic (exact) mass is 288 g/mol. The third-order valence-corrected chi connectivity index (χ3v) is 2.82. The van der Waals surface area contributed by atoms with Crippen LogP contribution < -0.4 is 9.47 Å². The van der Waals surface area contributed by atoms with Gasteiger partial charge in [0.15, 0.2) is 0 Å². The van der Waals surface area contributed by atoms with Crippen molar-refractivity contribution in [1.29, 1.82) is 0 Å². The Labute approximate surface area is 122 Å². The fraction of sp³-hybridized carbons (Fsp3) is 0.188. The number of aromatic hydroxyl groups is 1. The number of benzene rings is 2. The number of carboxylic acids is 1. The highest BCUT2D eigenvalue weighted by Crippen LogP contribution is 2.25. The van der Waals surface area contributed by atoms with Crippen molar-refractivity contribution in [3.8, 4) is 17.2 Å². The number of carbonyl (C=O) groups is 1. The second-order valence-electron chi connectivity index (χ2n) is 4.60. The Kier molecular flexibility index (Phi) is 4.33. The molecular formula is C16H16O5. The van der Waals surface area contributed by atoms with Crippen LogP contribution in [0.15, 0.2) is 42.5 Å². The van der Waals surface area contributed by atoms with Crippen LogP contribution in [0, 0.1) is 6.92 Å². The number of ether oxygens (including phenoxy) is 2. The minimum absolute atomic E-state index is 0.172. The molecule has 1 atom stereocenters. The molecule has 2 N–H and O–H groups in total. The molecule has 0 radical (unpaired) electrons. The molecule has 2 aromatic rings.